The summed E-state index contributed by atoms with van der Waals surface area (Å²) in [6, 6.07) is 10.3. The normalized spacial score (nSPS) is 15.4. The van der Waals surface area contributed by atoms with Crippen LogP contribution in [0, 0.1) is 17.0 Å². The third-order valence-corrected chi connectivity index (χ3v) is 6.91. The van der Waals surface area contributed by atoms with Crippen molar-refractivity contribution >= 4 is 33.2 Å². The van der Waals surface area contributed by atoms with Gasteiger partial charge < -0.3 is 4.90 Å². The summed E-state index contributed by atoms with van der Waals surface area (Å²) in [5, 5.41) is 11.5. The fourth-order valence-corrected chi connectivity index (χ4v) is 4.82. The Labute approximate surface area is 167 Å². The number of non-ortho nitro benzene ring substituents is 1. The van der Waals surface area contributed by atoms with Crippen LogP contribution in [0.5, 0.6) is 0 Å². The van der Waals surface area contributed by atoms with E-state index in [0.29, 0.717) is 16.1 Å². The summed E-state index contributed by atoms with van der Waals surface area (Å²) in [7, 11) is -3.89. The number of piperazine rings is 1. The summed E-state index contributed by atoms with van der Waals surface area (Å²) in [5.74, 6) is -0.194. The van der Waals surface area contributed by atoms with E-state index in [1.807, 2.05) is 0 Å². The average molecular weight is 424 g/mol. The minimum absolute atomic E-state index is 0.0841. The number of benzene rings is 2. The predicted octanol–water partition coefficient (Wildman–Crippen LogP) is 2.70. The first-order chi connectivity index (χ1) is 13.2. The number of aryl methyl sites for hydroxylation is 1. The van der Waals surface area contributed by atoms with Crippen molar-refractivity contribution in [2.24, 2.45) is 0 Å². The summed E-state index contributed by atoms with van der Waals surface area (Å²) in [5.41, 5.74) is 0.640. The molecule has 0 unspecified atom stereocenters. The Morgan fingerprint density at radius 1 is 1.07 bits per heavy atom. The van der Waals surface area contributed by atoms with E-state index >= 15 is 0 Å². The highest BCUT2D eigenvalue weighted by molar-refractivity contribution is 7.89. The lowest BCUT2D eigenvalue weighted by molar-refractivity contribution is -0.385. The molecular weight excluding hydrogens is 406 g/mol. The van der Waals surface area contributed by atoms with Gasteiger partial charge in [-0.3, -0.25) is 14.9 Å². The molecule has 0 atom stereocenters. The van der Waals surface area contributed by atoms with Crippen molar-refractivity contribution in [3.63, 3.8) is 0 Å². The van der Waals surface area contributed by atoms with E-state index in [-0.39, 0.29) is 42.7 Å². The van der Waals surface area contributed by atoms with Crippen LogP contribution in [0.15, 0.2) is 47.4 Å². The van der Waals surface area contributed by atoms with Gasteiger partial charge in [-0.1, -0.05) is 17.7 Å². The Hall–Kier alpha value is -2.49. The maximum Gasteiger partial charge on any atom is 0.270 e. The molecule has 0 N–H and O–H groups in total. The van der Waals surface area contributed by atoms with Crippen molar-refractivity contribution in [2.45, 2.75) is 11.8 Å². The van der Waals surface area contributed by atoms with E-state index in [2.05, 4.69) is 0 Å². The van der Waals surface area contributed by atoms with Gasteiger partial charge in [-0.2, -0.15) is 4.31 Å². The summed E-state index contributed by atoms with van der Waals surface area (Å²) >= 11 is 5.83. The van der Waals surface area contributed by atoms with Gasteiger partial charge in [0.15, 0.2) is 0 Å². The molecule has 0 aromatic heterocycles. The molecule has 0 saturated carbocycles. The number of nitro benzene ring substituents is 1. The van der Waals surface area contributed by atoms with Crippen LogP contribution in [0.25, 0.3) is 0 Å². The Morgan fingerprint density at radius 2 is 1.68 bits per heavy atom. The number of nitrogens with zero attached hydrogens (tertiary/aromatic N) is 3. The molecule has 8 nitrogen and oxygen atoms in total. The largest absolute Gasteiger partial charge is 0.336 e. The van der Waals surface area contributed by atoms with Crippen LogP contribution in [0.4, 0.5) is 5.69 Å². The summed E-state index contributed by atoms with van der Waals surface area (Å²) in [4.78, 5) is 24.4. The van der Waals surface area contributed by atoms with Gasteiger partial charge >= 0.3 is 0 Å². The first kappa shape index (κ1) is 20.2. The lowest BCUT2D eigenvalue weighted by Gasteiger charge is -2.34. The fourth-order valence-electron chi connectivity index (χ4n) is 3.03. The lowest BCUT2D eigenvalue weighted by atomic mass is 10.2. The maximum atomic E-state index is 13.0. The number of amides is 1. The topological polar surface area (TPSA) is 101 Å². The molecule has 2 aromatic rings. The number of hydrogen-bond acceptors (Lipinski definition) is 5. The first-order valence-electron chi connectivity index (χ1n) is 8.50. The third-order valence-electron chi connectivity index (χ3n) is 4.62. The minimum Gasteiger partial charge on any atom is -0.336 e. The zero-order valence-electron chi connectivity index (χ0n) is 15.0. The second-order valence-corrected chi connectivity index (χ2v) is 8.75. The summed E-state index contributed by atoms with van der Waals surface area (Å²) < 4.78 is 27.2. The monoisotopic (exact) mass is 423 g/mol. The third kappa shape index (κ3) is 4.01. The van der Waals surface area contributed by atoms with Crippen molar-refractivity contribution < 1.29 is 18.1 Å². The Bertz CT molecular complexity index is 1020. The number of halogens is 1. The molecule has 1 aliphatic heterocycles. The average Bonchev–Trinajstić information content (AvgIpc) is 2.68. The smallest absolute Gasteiger partial charge is 0.270 e. The van der Waals surface area contributed by atoms with E-state index in [4.69, 9.17) is 11.6 Å². The van der Waals surface area contributed by atoms with Gasteiger partial charge in [0, 0.05) is 48.9 Å². The van der Waals surface area contributed by atoms with Crippen LogP contribution in [-0.2, 0) is 10.0 Å². The van der Waals surface area contributed by atoms with Crippen LogP contribution in [0.3, 0.4) is 0 Å². The highest BCUT2D eigenvalue weighted by atomic mass is 35.5. The highest BCUT2D eigenvalue weighted by Gasteiger charge is 2.32. The molecule has 28 heavy (non-hydrogen) atoms. The van der Waals surface area contributed by atoms with Crippen LogP contribution < -0.4 is 0 Å². The van der Waals surface area contributed by atoms with Gasteiger partial charge in [0.1, 0.15) is 0 Å². The maximum absolute atomic E-state index is 13.0. The molecule has 3 rings (SSSR count). The van der Waals surface area contributed by atoms with Gasteiger partial charge in [-0.15, -0.1) is 0 Å². The molecule has 0 spiro atoms. The van der Waals surface area contributed by atoms with Crippen LogP contribution in [0.1, 0.15) is 15.9 Å². The minimum atomic E-state index is -3.89. The second-order valence-electron chi connectivity index (χ2n) is 6.41. The molecule has 1 amide bonds. The van der Waals surface area contributed by atoms with Gasteiger partial charge in [-0.25, -0.2) is 8.42 Å². The van der Waals surface area contributed by atoms with E-state index in [1.54, 1.807) is 36.1 Å². The number of rotatable bonds is 4. The molecule has 1 saturated heterocycles. The molecule has 0 radical (unpaired) electrons. The van der Waals surface area contributed by atoms with E-state index in [9.17, 15) is 23.3 Å². The molecule has 0 bridgehead atoms. The van der Waals surface area contributed by atoms with Crippen molar-refractivity contribution in [1.29, 1.82) is 0 Å². The molecular formula is C18H18ClN3O5S. The standard InChI is InChI=1S/C18H18ClN3O5S/c1-13-2-7-16(22(24)25)12-17(13)28(26,27)21-10-8-20(9-11-21)18(23)14-3-5-15(19)6-4-14/h2-7,12H,8-11H2,1H3. The zero-order valence-corrected chi connectivity index (χ0v) is 16.6. The number of hydrogen-bond donors (Lipinski definition) is 0. The van der Waals surface area contributed by atoms with E-state index < -0.39 is 14.9 Å². The molecule has 0 aliphatic carbocycles. The summed E-state index contributed by atoms with van der Waals surface area (Å²) in [6.07, 6.45) is 0. The van der Waals surface area contributed by atoms with Gasteiger partial charge in [0.25, 0.3) is 11.6 Å². The fraction of sp³-hybridized carbons (Fsp3) is 0.278. The lowest BCUT2D eigenvalue weighted by Crippen LogP contribution is -2.50. The molecule has 1 fully saturated rings. The number of carbonyl (C=O) groups excluding carboxylic acids is 1. The molecule has 2 aromatic carbocycles. The van der Waals surface area contributed by atoms with E-state index in [0.717, 1.165) is 6.07 Å². The molecule has 1 aliphatic rings. The molecule has 10 heteroatoms. The second kappa shape index (κ2) is 7.86. The van der Waals surface area contributed by atoms with Crippen molar-refractivity contribution in [2.75, 3.05) is 26.2 Å². The SMILES string of the molecule is Cc1ccc([N+](=O)[O-])cc1S(=O)(=O)N1CCN(C(=O)c2ccc(Cl)cc2)CC1. The van der Waals surface area contributed by atoms with Gasteiger partial charge in [-0.05, 0) is 36.8 Å². The first-order valence-corrected chi connectivity index (χ1v) is 10.3. The summed E-state index contributed by atoms with van der Waals surface area (Å²) in [6.45, 7) is 2.29. The molecule has 148 valence electrons. The Morgan fingerprint density at radius 3 is 2.25 bits per heavy atom. The van der Waals surface area contributed by atoms with Crippen LogP contribution in [0.2, 0.25) is 5.02 Å². The predicted molar refractivity (Wildman–Crippen MR) is 104 cm³/mol. The molecule has 1 heterocycles. The number of carbonyl (C=O) groups is 1. The quantitative estimate of drug-likeness (QED) is 0.555. The van der Waals surface area contributed by atoms with Gasteiger partial charge in [0.05, 0.1) is 9.82 Å². The van der Waals surface area contributed by atoms with Crippen LogP contribution >= 0.6 is 11.6 Å². The van der Waals surface area contributed by atoms with Gasteiger partial charge in [0.2, 0.25) is 10.0 Å². The number of nitro groups is 1. The highest BCUT2D eigenvalue weighted by Crippen LogP contribution is 2.26. The Kier molecular flexibility index (Phi) is 5.69. The number of sulfonamides is 1. The van der Waals surface area contributed by atoms with Crippen molar-refractivity contribution in [3.8, 4) is 0 Å². The Balaban J connectivity index is 1.75. The van der Waals surface area contributed by atoms with E-state index in [1.165, 1.54) is 16.4 Å². The zero-order chi connectivity index (χ0) is 20.5. The van der Waals surface area contributed by atoms with Crippen LogP contribution in [-0.4, -0.2) is 54.6 Å². The van der Waals surface area contributed by atoms with Crippen molar-refractivity contribution in [3.05, 3.63) is 68.7 Å². The van der Waals surface area contributed by atoms with Crippen molar-refractivity contribution in [1.82, 2.24) is 9.21 Å².